The second kappa shape index (κ2) is 7.02. The summed E-state index contributed by atoms with van der Waals surface area (Å²) < 4.78 is 1.00. The highest BCUT2D eigenvalue weighted by molar-refractivity contribution is 9.10. The minimum absolute atomic E-state index is 0.209. The molecule has 4 nitrogen and oxygen atoms in total. The number of benzene rings is 2. The first-order valence-corrected chi connectivity index (χ1v) is 8.94. The Kier molecular flexibility index (Phi) is 4.83. The Balaban J connectivity index is 1.76. The lowest BCUT2D eigenvalue weighted by Gasteiger charge is -2.04. The number of aromatic amines is 1. The maximum Gasteiger partial charge on any atom is 0.273 e. The molecule has 2 N–H and O–H groups in total. The Hall–Kier alpha value is -2.05. The van der Waals surface area contributed by atoms with Crippen LogP contribution in [0.4, 0.5) is 5.69 Å². The monoisotopic (exact) mass is 387 g/mol. The Morgan fingerprint density at radius 3 is 2.70 bits per heavy atom. The molecule has 0 spiro atoms. The molecular weight excluding hydrogens is 374 g/mol. The van der Waals surface area contributed by atoms with Crippen molar-refractivity contribution >= 4 is 39.3 Å². The number of amides is 1. The van der Waals surface area contributed by atoms with Crippen LogP contribution in [0.5, 0.6) is 0 Å². The van der Waals surface area contributed by atoms with Crippen LogP contribution in [0.15, 0.2) is 64.0 Å². The third kappa shape index (κ3) is 3.83. The molecule has 0 saturated carbocycles. The average Bonchev–Trinajstić information content (AvgIpc) is 3.06. The van der Waals surface area contributed by atoms with E-state index in [1.165, 1.54) is 0 Å². The third-order valence-corrected chi connectivity index (χ3v) is 4.54. The molecule has 0 radical (unpaired) electrons. The fourth-order valence-corrected chi connectivity index (χ4v) is 2.83. The zero-order valence-corrected chi connectivity index (χ0v) is 14.7. The van der Waals surface area contributed by atoms with E-state index in [1.807, 2.05) is 54.8 Å². The predicted molar refractivity (Wildman–Crippen MR) is 97.9 cm³/mol. The summed E-state index contributed by atoms with van der Waals surface area (Å²) in [6, 6.07) is 17.3. The quantitative estimate of drug-likeness (QED) is 0.631. The van der Waals surface area contributed by atoms with E-state index in [-0.39, 0.29) is 5.91 Å². The molecule has 0 unspecified atom stereocenters. The van der Waals surface area contributed by atoms with Crippen molar-refractivity contribution in [1.82, 2.24) is 10.2 Å². The number of hydrogen-bond acceptors (Lipinski definition) is 3. The summed E-state index contributed by atoms with van der Waals surface area (Å²) >= 11 is 5.03. The van der Waals surface area contributed by atoms with Gasteiger partial charge in [0, 0.05) is 20.6 Å². The van der Waals surface area contributed by atoms with Gasteiger partial charge in [0.2, 0.25) is 0 Å². The Morgan fingerprint density at radius 2 is 1.96 bits per heavy atom. The molecule has 6 heteroatoms. The van der Waals surface area contributed by atoms with Crippen LogP contribution in [0.25, 0.3) is 11.3 Å². The highest BCUT2D eigenvalue weighted by atomic mass is 79.9. The molecule has 0 atom stereocenters. The third-order valence-electron chi connectivity index (χ3n) is 3.29. The van der Waals surface area contributed by atoms with Gasteiger partial charge in [-0.1, -0.05) is 34.1 Å². The highest BCUT2D eigenvalue weighted by Gasteiger charge is 2.11. The molecular formula is C17H14BrN3OS. The van der Waals surface area contributed by atoms with Gasteiger partial charge in [-0.05, 0) is 42.7 Å². The van der Waals surface area contributed by atoms with Crippen molar-refractivity contribution in [2.75, 3.05) is 11.6 Å². The van der Waals surface area contributed by atoms with Crippen molar-refractivity contribution in [3.63, 3.8) is 0 Å². The minimum atomic E-state index is -0.209. The summed E-state index contributed by atoms with van der Waals surface area (Å²) in [5, 5.41) is 9.87. The first-order chi connectivity index (χ1) is 11.2. The van der Waals surface area contributed by atoms with Crippen LogP contribution >= 0.6 is 27.7 Å². The fraction of sp³-hybridized carbons (Fsp3) is 0.0588. The van der Waals surface area contributed by atoms with Crippen LogP contribution in [0.1, 0.15) is 10.5 Å². The van der Waals surface area contributed by atoms with Gasteiger partial charge in [0.25, 0.3) is 5.91 Å². The van der Waals surface area contributed by atoms with Crippen LogP contribution in [0.3, 0.4) is 0 Å². The van der Waals surface area contributed by atoms with Crippen LogP contribution in [0, 0.1) is 0 Å². The molecule has 0 aliphatic rings. The van der Waals surface area contributed by atoms with Crippen molar-refractivity contribution in [3.8, 4) is 11.3 Å². The second-order valence-electron chi connectivity index (χ2n) is 4.86. The molecule has 0 saturated heterocycles. The molecule has 3 aromatic rings. The first kappa shape index (κ1) is 15.8. The highest BCUT2D eigenvalue weighted by Crippen LogP contribution is 2.22. The normalized spacial score (nSPS) is 10.5. The molecule has 0 aliphatic carbocycles. The van der Waals surface area contributed by atoms with Crippen molar-refractivity contribution < 1.29 is 4.79 Å². The number of hydrogen-bond donors (Lipinski definition) is 2. The molecule has 1 heterocycles. The van der Waals surface area contributed by atoms with Crippen LogP contribution in [0.2, 0.25) is 0 Å². The summed E-state index contributed by atoms with van der Waals surface area (Å²) in [7, 11) is 0. The van der Waals surface area contributed by atoms with E-state index in [2.05, 4.69) is 31.4 Å². The lowest BCUT2D eigenvalue weighted by Crippen LogP contribution is -2.12. The van der Waals surface area contributed by atoms with E-state index in [1.54, 1.807) is 17.8 Å². The number of carbonyl (C=O) groups excluding carboxylic acids is 1. The zero-order valence-electron chi connectivity index (χ0n) is 12.3. The maximum absolute atomic E-state index is 12.3. The lowest BCUT2D eigenvalue weighted by atomic mass is 10.1. The predicted octanol–water partition coefficient (Wildman–Crippen LogP) is 4.81. The summed E-state index contributed by atoms with van der Waals surface area (Å²) in [4.78, 5) is 13.4. The Bertz CT molecular complexity index is 830. The summed E-state index contributed by atoms with van der Waals surface area (Å²) in [6.45, 7) is 0. The van der Waals surface area contributed by atoms with E-state index < -0.39 is 0 Å². The molecule has 116 valence electrons. The minimum Gasteiger partial charge on any atom is -0.321 e. The smallest absolute Gasteiger partial charge is 0.273 e. The average molecular weight is 388 g/mol. The van der Waals surface area contributed by atoms with Crippen molar-refractivity contribution in [2.24, 2.45) is 0 Å². The summed E-state index contributed by atoms with van der Waals surface area (Å²) in [5.74, 6) is -0.209. The Morgan fingerprint density at radius 1 is 1.17 bits per heavy atom. The SMILES string of the molecule is CSc1cccc(NC(=O)c2cc(-c3ccc(Br)cc3)n[nH]2)c1. The van der Waals surface area contributed by atoms with E-state index in [0.29, 0.717) is 5.69 Å². The van der Waals surface area contributed by atoms with E-state index in [0.717, 1.165) is 26.3 Å². The molecule has 0 aliphatic heterocycles. The number of halogens is 1. The summed E-state index contributed by atoms with van der Waals surface area (Å²) in [6.07, 6.45) is 2.00. The fourth-order valence-electron chi connectivity index (χ4n) is 2.11. The molecule has 1 amide bonds. The zero-order chi connectivity index (χ0) is 16.2. The lowest BCUT2D eigenvalue weighted by molar-refractivity contribution is 0.102. The number of carbonyl (C=O) groups is 1. The maximum atomic E-state index is 12.3. The van der Waals surface area contributed by atoms with Gasteiger partial charge in [-0.2, -0.15) is 5.10 Å². The largest absolute Gasteiger partial charge is 0.321 e. The van der Waals surface area contributed by atoms with Gasteiger partial charge in [-0.25, -0.2) is 0 Å². The van der Waals surface area contributed by atoms with Gasteiger partial charge < -0.3 is 5.32 Å². The first-order valence-electron chi connectivity index (χ1n) is 6.92. The molecule has 0 fully saturated rings. The number of H-pyrrole nitrogens is 1. The topological polar surface area (TPSA) is 57.8 Å². The molecule has 1 aromatic heterocycles. The number of nitrogens with one attached hydrogen (secondary N) is 2. The van der Waals surface area contributed by atoms with E-state index >= 15 is 0 Å². The van der Waals surface area contributed by atoms with E-state index in [4.69, 9.17) is 0 Å². The van der Waals surface area contributed by atoms with Gasteiger partial charge in [0.15, 0.2) is 0 Å². The number of anilines is 1. The number of thioether (sulfide) groups is 1. The van der Waals surface area contributed by atoms with Crippen molar-refractivity contribution in [3.05, 3.63) is 64.8 Å². The van der Waals surface area contributed by atoms with E-state index in [9.17, 15) is 4.79 Å². The number of rotatable bonds is 4. The van der Waals surface area contributed by atoms with Gasteiger partial charge in [-0.3, -0.25) is 9.89 Å². The molecule has 0 bridgehead atoms. The van der Waals surface area contributed by atoms with Gasteiger partial charge in [0.05, 0.1) is 5.69 Å². The van der Waals surface area contributed by atoms with Crippen molar-refractivity contribution in [2.45, 2.75) is 4.90 Å². The van der Waals surface area contributed by atoms with Crippen LogP contribution in [-0.2, 0) is 0 Å². The number of nitrogens with zero attached hydrogens (tertiary/aromatic N) is 1. The van der Waals surface area contributed by atoms with Gasteiger partial charge in [-0.15, -0.1) is 11.8 Å². The van der Waals surface area contributed by atoms with Crippen LogP contribution in [-0.4, -0.2) is 22.4 Å². The van der Waals surface area contributed by atoms with Crippen molar-refractivity contribution in [1.29, 1.82) is 0 Å². The Labute approximate surface area is 146 Å². The molecule has 3 rings (SSSR count). The molecule has 2 aromatic carbocycles. The summed E-state index contributed by atoms with van der Waals surface area (Å²) in [5.41, 5.74) is 2.88. The van der Waals surface area contributed by atoms with Crippen LogP contribution < -0.4 is 5.32 Å². The second-order valence-corrected chi connectivity index (χ2v) is 6.66. The van der Waals surface area contributed by atoms with Gasteiger partial charge in [0.1, 0.15) is 5.69 Å². The number of aromatic nitrogens is 2. The molecule has 23 heavy (non-hydrogen) atoms. The standard InChI is InChI=1S/C17H14BrN3OS/c1-23-14-4-2-3-13(9-14)19-17(22)16-10-15(20-21-16)11-5-7-12(18)8-6-11/h2-10H,1H3,(H,19,22)(H,20,21). The van der Waals surface area contributed by atoms with Gasteiger partial charge >= 0.3 is 0 Å².